The largest absolute Gasteiger partial charge is 0.461 e. The van der Waals surface area contributed by atoms with Gasteiger partial charge in [-0.05, 0) is 43.7 Å². The SMILES string of the molecule is Cc1ccccc1C(=O)Nc1ccc(-c2c(C)oc3ccccc23)cn1. The van der Waals surface area contributed by atoms with E-state index in [-0.39, 0.29) is 5.91 Å². The highest BCUT2D eigenvalue weighted by molar-refractivity contribution is 6.05. The van der Waals surface area contributed by atoms with E-state index in [4.69, 9.17) is 4.42 Å². The third kappa shape index (κ3) is 2.86. The molecule has 0 unspecified atom stereocenters. The van der Waals surface area contributed by atoms with Crippen molar-refractivity contribution < 1.29 is 9.21 Å². The van der Waals surface area contributed by atoms with E-state index >= 15 is 0 Å². The zero-order valence-corrected chi connectivity index (χ0v) is 14.6. The molecule has 0 saturated carbocycles. The van der Waals surface area contributed by atoms with Gasteiger partial charge in [0, 0.05) is 28.3 Å². The fourth-order valence-corrected chi connectivity index (χ4v) is 3.15. The third-order valence-electron chi connectivity index (χ3n) is 4.45. The molecule has 0 atom stereocenters. The summed E-state index contributed by atoms with van der Waals surface area (Å²) in [6, 6.07) is 19.2. The van der Waals surface area contributed by atoms with Gasteiger partial charge in [-0.15, -0.1) is 0 Å². The number of carbonyl (C=O) groups excluding carboxylic acids is 1. The molecule has 128 valence electrons. The molecule has 26 heavy (non-hydrogen) atoms. The molecule has 4 rings (SSSR count). The number of nitrogens with zero attached hydrogens (tertiary/aromatic N) is 1. The van der Waals surface area contributed by atoms with Crippen LogP contribution < -0.4 is 5.32 Å². The van der Waals surface area contributed by atoms with Crippen LogP contribution in [-0.4, -0.2) is 10.9 Å². The summed E-state index contributed by atoms with van der Waals surface area (Å²) in [4.78, 5) is 16.8. The van der Waals surface area contributed by atoms with E-state index in [0.29, 0.717) is 11.4 Å². The Bertz CT molecular complexity index is 1090. The Labute approximate surface area is 151 Å². The number of fused-ring (bicyclic) bond motifs is 1. The number of aryl methyl sites for hydroxylation is 2. The summed E-state index contributed by atoms with van der Waals surface area (Å²) in [6.07, 6.45) is 1.76. The number of amides is 1. The van der Waals surface area contributed by atoms with Gasteiger partial charge >= 0.3 is 0 Å². The first-order valence-corrected chi connectivity index (χ1v) is 8.45. The van der Waals surface area contributed by atoms with Crippen molar-refractivity contribution in [3.63, 3.8) is 0 Å². The van der Waals surface area contributed by atoms with Gasteiger partial charge in [0.2, 0.25) is 0 Å². The molecule has 1 amide bonds. The van der Waals surface area contributed by atoms with Crippen LogP contribution in [0.3, 0.4) is 0 Å². The third-order valence-corrected chi connectivity index (χ3v) is 4.45. The van der Waals surface area contributed by atoms with Gasteiger partial charge in [0.25, 0.3) is 5.91 Å². The number of furan rings is 1. The lowest BCUT2D eigenvalue weighted by atomic mass is 10.0. The van der Waals surface area contributed by atoms with Crippen molar-refractivity contribution in [2.24, 2.45) is 0 Å². The van der Waals surface area contributed by atoms with Crippen LogP contribution in [0.15, 0.2) is 71.3 Å². The van der Waals surface area contributed by atoms with Crippen molar-refractivity contribution in [1.29, 1.82) is 0 Å². The van der Waals surface area contributed by atoms with E-state index in [2.05, 4.69) is 10.3 Å². The number of carbonyl (C=O) groups is 1. The summed E-state index contributed by atoms with van der Waals surface area (Å²) in [7, 11) is 0. The second-order valence-corrected chi connectivity index (χ2v) is 6.23. The summed E-state index contributed by atoms with van der Waals surface area (Å²) in [6.45, 7) is 3.86. The number of nitrogens with one attached hydrogen (secondary N) is 1. The predicted octanol–water partition coefficient (Wildman–Crippen LogP) is 5.36. The van der Waals surface area contributed by atoms with Gasteiger partial charge in [-0.2, -0.15) is 0 Å². The van der Waals surface area contributed by atoms with Crippen LogP contribution in [0.25, 0.3) is 22.1 Å². The summed E-state index contributed by atoms with van der Waals surface area (Å²) < 4.78 is 5.82. The minimum atomic E-state index is -0.159. The second-order valence-electron chi connectivity index (χ2n) is 6.23. The van der Waals surface area contributed by atoms with E-state index in [1.54, 1.807) is 12.3 Å². The number of hydrogen-bond acceptors (Lipinski definition) is 3. The van der Waals surface area contributed by atoms with Gasteiger partial charge in [-0.1, -0.05) is 36.4 Å². The number of hydrogen-bond donors (Lipinski definition) is 1. The average Bonchev–Trinajstić information content (AvgIpc) is 2.98. The maximum atomic E-state index is 12.4. The first kappa shape index (κ1) is 16.1. The lowest BCUT2D eigenvalue weighted by Gasteiger charge is -2.07. The van der Waals surface area contributed by atoms with Crippen molar-refractivity contribution in [2.45, 2.75) is 13.8 Å². The van der Waals surface area contributed by atoms with Gasteiger partial charge in [0.1, 0.15) is 17.2 Å². The fraction of sp³-hybridized carbons (Fsp3) is 0.0909. The molecule has 0 radical (unpaired) electrons. The summed E-state index contributed by atoms with van der Waals surface area (Å²) in [5.41, 5.74) is 4.43. The number of benzene rings is 2. The molecule has 2 aromatic carbocycles. The first-order chi connectivity index (χ1) is 12.6. The van der Waals surface area contributed by atoms with Crippen LogP contribution in [0.5, 0.6) is 0 Å². The molecule has 2 heterocycles. The number of anilines is 1. The molecular formula is C22H18N2O2. The Kier molecular flexibility index (Phi) is 4.01. The second kappa shape index (κ2) is 6.48. The Balaban J connectivity index is 1.62. The van der Waals surface area contributed by atoms with Crippen LogP contribution >= 0.6 is 0 Å². The van der Waals surface area contributed by atoms with Crippen molar-refractivity contribution in [2.75, 3.05) is 5.32 Å². The minimum absolute atomic E-state index is 0.159. The normalized spacial score (nSPS) is 10.8. The fourth-order valence-electron chi connectivity index (χ4n) is 3.15. The van der Waals surface area contributed by atoms with Crippen molar-refractivity contribution >= 4 is 22.7 Å². The lowest BCUT2D eigenvalue weighted by molar-refractivity contribution is 0.102. The standard InChI is InChI=1S/C22H18N2O2/c1-14-7-3-4-8-17(14)22(25)24-20-12-11-16(13-23-20)21-15(2)26-19-10-6-5-9-18(19)21/h3-13H,1-2H3,(H,23,24,25). The highest BCUT2D eigenvalue weighted by Gasteiger charge is 2.14. The molecule has 2 aromatic heterocycles. The molecule has 4 nitrogen and oxygen atoms in total. The molecule has 0 fully saturated rings. The van der Waals surface area contributed by atoms with E-state index in [1.807, 2.05) is 68.4 Å². The molecule has 4 aromatic rings. The minimum Gasteiger partial charge on any atom is -0.461 e. The van der Waals surface area contributed by atoms with E-state index in [1.165, 1.54) is 0 Å². The van der Waals surface area contributed by atoms with Gasteiger partial charge in [0.05, 0.1) is 0 Å². The zero-order valence-electron chi connectivity index (χ0n) is 14.6. The Morgan fingerprint density at radius 3 is 2.50 bits per heavy atom. The molecule has 0 saturated heterocycles. The molecule has 0 spiro atoms. The number of pyridine rings is 1. The topological polar surface area (TPSA) is 55.1 Å². The Hall–Kier alpha value is -3.40. The molecule has 4 heteroatoms. The molecule has 0 aliphatic heterocycles. The summed E-state index contributed by atoms with van der Waals surface area (Å²) >= 11 is 0. The Morgan fingerprint density at radius 2 is 1.73 bits per heavy atom. The molecule has 1 N–H and O–H groups in total. The van der Waals surface area contributed by atoms with Gasteiger partial charge < -0.3 is 9.73 Å². The zero-order chi connectivity index (χ0) is 18.1. The van der Waals surface area contributed by atoms with Crippen LogP contribution in [0, 0.1) is 13.8 Å². The summed E-state index contributed by atoms with van der Waals surface area (Å²) in [5, 5.41) is 3.91. The monoisotopic (exact) mass is 342 g/mol. The van der Waals surface area contributed by atoms with Gasteiger partial charge in [-0.25, -0.2) is 4.98 Å². The number of rotatable bonds is 3. The number of para-hydroxylation sites is 1. The van der Waals surface area contributed by atoms with Crippen LogP contribution in [0.2, 0.25) is 0 Å². The van der Waals surface area contributed by atoms with Crippen molar-refractivity contribution in [3.05, 3.63) is 83.7 Å². The van der Waals surface area contributed by atoms with E-state index in [9.17, 15) is 4.79 Å². The highest BCUT2D eigenvalue weighted by Crippen LogP contribution is 2.34. The maximum absolute atomic E-state index is 12.4. The first-order valence-electron chi connectivity index (χ1n) is 8.45. The van der Waals surface area contributed by atoms with Gasteiger partial charge in [0.15, 0.2) is 0 Å². The average molecular weight is 342 g/mol. The van der Waals surface area contributed by atoms with E-state index in [0.717, 1.165) is 33.4 Å². The molecule has 0 aliphatic rings. The Morgan fingerprint density at radius 1 is 0.962 bits per heavy atom. The lowest BCUT2D eigenvalue weighted by Crippen LogP contribution is -2.14. The van der Waals surface area contributed by atoms with Gasteiger partial charge in [-0.3, -0.25) is 4.79 Å². The molecule has 0 aliphatic carbocycles. The van der Waals surface area contributed by atoms with Crippen LogP contribution in [0.1, 0.15) is 21.7 Å². The van der Waals surface area contributed by atoms with Crippen LogP contribution in [0.4, 0.5) is 5.82 Å². The van der Waals surface area contributed by atoms with Crippen molar-refractivity contribution in [3.8, 4) is 11.1 Å². The van der Waals surface area contributed by atoms with Crippen LogP contribution in [-0.2, 0) is 0 Å². The molecule has 0 bridgehead atoms. The number of aromatic nitrogens is 1. The smallest absolute Gasteiger partial charge is 0.257 e. The van der Waals surface area contributed by atoms with Crippen molar-refractivity contribution in [1.82, 2.24) is 4.98 Å². The maximum Gasteiger partial charge on any atom is 0.257 e. The summed E-state index contributed by atoms with van der Waals surface area (Å²) in [5.74, 6) is 1.21. The molecular weight excluding hydrogens is 324 g/mol. The quantitative estimate of drug-likeness (QED) is 0.545. The predicted molar refractivity (Wildman–Crippen MR) is 103 cm³/mol. The van der Waals surface area contributed by atoms with E-state index < -0.39 is 0 Å². The highest BCUT2D eigenvalue weighted by atomic mass is 16.3.